The van der Waals surface area contributed by atoms with Crippen molar-refractivity contribution < 1.29 is 5.11 Å². The quantitative estimate of drug-likeness (QED) is 0.746. The van der Waals surface area contributed by atoms with E-state index in [0.717, 1.165) is 12.3 Å². The van der Waals surface area contributed by atoms with Crippen LogP contribution in [0.5, 0.6) is 0 Å². The van der Waals surface area contributed by atoms with Crippen molar-refractivity contribution in [3.8, 4) is 0 Å². The molecule has 1 aliphatic rings. The molecular weight excluding hydrogens is 242 g/mol. The normalized spacial score (nSPS) is 16.5. The molecule has 2 aromatic heterocycles. The second-order valence-electron chi connectivity index (χ2n) is 5.00. The number of hydrogen-bond donors (Lipinski definition) is 3. The van der Waals surface area contributed by atoms with Crippen LogP contribution in [0.2, 0.25) is 0 Å². The molecule has 1 aliphatic carbocycles. The first-order valence-corrected chi connectivity index (χ1v) is 6.52. The number of aliphatic hydroxyl groups excluding tert-OH is 1. The molecule has 3 rings (SSSR count). The predicted molar refractivity (Wildman–Crippen MR) is 73.6 cm³/mol. The van der Waals surface area contributed by atoms with Gasteiger partial charge < -0.3 is 16.2 Å². The summed E-state index contributed by atoms with van der Waals surface area (Å²) in [6.07, 6.45) is 5.16. The number of hydrogen-bond acceptors (Lipinski definition) is 6. The number of aliphatic hydroxyl groups is 1. The Morgan fingerprint density at radius 2 is 2.26 bits per heavy atom. The number of rotatable bonds is 5. The van der Waals surface area contributed by atoms with Crippen molar-refractivity contribution in [3.05, 3.63) is 18.3 Å². The fraction of sp³-hybridized carbons (Fsp3) is 0.462. The fourth-order valence-electron chi connectivity index (χ4n) is 2.21. The number of nitrogen functional groups attached to an aromatic ring is 1. The zero-order valence-corrected chi connectivity index (χ0v) is 10.6. The van der Waals surface area contributed by atoms with Gasteiger partial charge in [0.2, 0.25) is 5.95 Å². The molecule has 1 unspecified atom stereocenters. The highest BCUT2D eigenvalue weighted by molar-refractivity contribution is 5.85. The number of anilines is 2. The van der Waals surface area contributed by atoms with E-state index in [1.807, 2.05) is 12.1 Å². The van der Waals surface area contributed by atoms with Crippen molar-refractivity contribution in [2.45, 2.75) is 25.3 Å². The van der Waals surface area contributed by atoms with Crippen LogP contribution in [0, 0.1) is 5.92 Å². The summed E-state index contributed by atoms with van der Waals surface area (Å²) in [6.45, 7) is 0.0781. The van der Waals surface area contributed by atoms with Gasteiger partial charge in [0.25, 0.3) is 0 Å². The van der Waals surface area contributed by atoms with E-state index in [0.29, 0.717) is 16.9 Å². The van der Waals surface area contributed by atoms with Crippen molar-refractivity contribution in [3.63, 3.8) is 0 Å². The van der Waals surface area contributed by atoms with E-state index in [4.69, 9.17) is 5.73 Å². The predicted octanol–water partition coefficient (Wildman–Crippen LogP) is 1.18. The van der Waals surface area contributed by atoms with Crippen LogP contribution in [0.1, 0.15) is 19.3 Å². The highest BCUT2D eigenvalue weighted by Gasteiger charge is 2.25. The van der Waals surface area contributed by atoms with E-state index in [2.05, 4.69) is 20.3 Å². The monoisotopic (exact) mass is 259 g/mol. The zero-order chi connectivity index (χ0) is 13.2. The summed E-state index contributed by atoms with van der Waals surface area (Å²) >= 11 is 0. The maximum Gasteiger partial charge on any atom is 0.222 e. The summed E-state index contributed by atoms with van der Waals surface area (Å²) in [4.78, 5) is 12.6. The lowest BCUT2D eigenvalue weighted by Crippen LogP contribution is -2.25. The minimum Gasteiger partial charge on any atom is -0.394 e. The minimum absolute atomic E-state index is 0.00740. The Morgan fingerprint density at radius 1 is 1.42 bits per heavy atom. The third-order valence-corrected chi connectivity index (χ3v) is 3.35. The Kier molecular flexibility index (Phi) is 3.16. The molecular formula is C13H17N5O. The summed E-state index contributed by atoms with van der Waals surface area (Å²) in [6, 6.07) is 3.65. The average Bonchev–Trinajstić information content (AvgIpc) is 3.21. The molecule has 6 heteroatoms. The number of nitrogens with two attached hydrogens (primary N) is 1. The zero-order valence-electron chi connectivity index (χ0n) is 10.6. The standard InChI is InChI=1S/C13H17N5O/c14-13-17-10-2-1-5-15-11(10)12(18-13)16-9(7-19)6-8-3-4-8/h1-2,5,8-9,19H,3-4,6-7H2,(H3,14,16,17,18). The molecule has 0 aliphatic heterocycles. The first-order valence-electron chi connectivity index (χ1n) is 6.52. The van der Waals surface area contributed by atoms with Gasteiger partial charge in [-0.15, -0.1) is 0 Å². The van der Waals surface area contributed by atoms with Crippen molar-refractivity contribution >= 4 is 22.8 Å². The van der Waals surface area contributed by atoms with E-state index in [1.54, 1.807) is 6.20 Å². The first kappa shape index (κ1) is 12.1. The van der Waals surface area contributed by atoms with Crippen molar-refractivity contribution in [1.29, 1.82) is 0 Å². The van der Waals surface area contributed by atoms with Crippen molar-refractivity contribution in [1.82, 2.24) is 15.0 Å². The summed E-state index contributed by atoms with van der Waals surface area (Å²) in [5.74, 6) is 1.54. The molecule has 0 radical (unpaired) electrons. The number of fused-ring (bicyclic) bond motifs is 1. The van der Waals surface area contributed by atoms with Gasteiger partial charge in [-0.25, -0.2) is 4.98 Å². The molecule has 0 bridgehead atoms. The summed E-state index contributed by atoms with van der Waals surface area (Å²) < 4.78 is 0. The van der Waals surface area contributed by atoms with Gasteiger partial charge in [0.05, 0.1) is 18.2 Å². The number of nitrogens with one attached hydrogen (secondary N) is 1. The lowest BCUT2D eigenvalue weighted by atomic mass is 10.1. The number of nitrogens with zero attached hydrogens (tertiary/aromatic N) is 3. The minimum atomic E-state index is -0.00740. The van der Waals surface area contributed by atoms with Crippen LogP contribution in [0.15, 0.2) is 18.3 Å². The molecule has 0 aromatic carbocycles. The van der Waals surface area contributed by atoms with Crippen LogP contribution >= 0.6 is 0 Å². The third-order valence-electron chi connectivity index (χ3n) is 3.35. The van der Waals surface area contributed by atoms with E-state index < -0.39 is 0 Å². The van der Waals surface area contributed by atoms with E-state index in [1.165, 1.54) is 12.8 Å². The summed E-state index contributed by atoms with van der Waals surface area (Å²) in [7, 11) is 0. The molecule has 2 aromatic rings. The summed E-state index contributed by atoms with van der Waals surface area (Å²) in [5, 5.41) is 12.7. The number of pyridine rings is 1. The Labute approximate surface area is 111 Å². The van der Waals surface area contributed by atoms with Gasteiger partial charge >= 0.3 is 0 Å². The van der Waals surface area contributed by atoms with Gasteiger partial charge in [0.1, 0.15) is 5.52 Å². The third kappa shape index (κ3) is 2.73. The van der Waals surface area contributed by atoms with Gasteiger partial charge in [0.15, 0.2) is 5.82 Å². The largest absolute Gasteiger partial charge is 0.394 e. The van der Waals surface area contributed by atoms with Crippen LogP contribution in [0.4, 0.5) is 11.8 Å². The molecule has 6 nitrogen and oxygen atoms in total. The summed E-state index contributed by atoms with van der Waals surface area (Å²) in [5.41, 5.74) is 7.10. The molecule has 1 atom stereocenters. The van der Waals surface area contributed by atoms with Crippen molar-refractivity contribution in [2.24, 2.45) is 5.92 Å². The van der Waals surface area contributed by atoms with Crippen molar-refractivity contribution in [2.75, 3.05) is 17.7 Å². The van der Waals surface area contributed by atoms with E-state index >= 15 is 0 Å². The second-order valence-corrected chi connectivity index (χ2v) is 5.00. The topological polar surface area (TPSA) is 97.0 Å². The first-order chi connectivity index (χ1) is 9.26. The SMILES string of the molecule is Nc1nc(NC(CO)CC2CC2)c2ncccc2n1. The molecule has 1 fully saturated rings. The lowest BCUT2D eigenvalue weighted by molar-refractivity contribution is 0.265. The molecule has 0 saturated heterocycles. The lowest BCUT2D eigenvalue weighted by Gasteiger charge is -2.17. The molecule has 19 heavy (non-hydrogen) atoms. The molecule has 1 saturated carbocycles. The molecule has 100 valence electrons. The van der Waals surface area contributed by atoms with E-state index in [-0.39, 0.29) is 18.6 Å². The Hall–Kier alpha value is -1.95. The van der Waals surface area contributed by atoms with Crippen LogP contribution in [-0.4, -0.2) is 32.7 Å². The van der Waals surface area contributed by atoms with Crippen LogP contribution in [0.25, 0.3) is 11.0 Å². The fourth-order valence-corrected chi connectivity index (χ4v) is 2.21. The smallest absolute Gasteiger partial charge is 0.222 e. The maximum absolute atomic E-state index is 9.45. The molecule has 2 heterocycles. The van der Waals surface area contributed by atoms with Gasteiger partial charge in [-0.05, 0) is 24.5 Å². The van der Waals surface area contributed by atoms with Crippen LogP contribution in [-0.2, 0) is 0 Å². The van der Waals surface area contributed by atoms with Gasteiger partial charge in [-0.2, -0.15) is 4.98 Å². The average molecular weight is 259 g/mol. The maximum atomic E-state index is 9.45. The second kappa shape index (κ2) is 4.97. The van der Waals surface area contributed by atoms with Crippen LogP contribution in [0.3, 0.4) is 0 Å². The van der Waals surface area contributed by atoms with Gasteiger partial charge in [-0.1, -0.05) is 12.8 Å². The Morgan fingerprint density at radius 3 is 3.00 bits per heavy atom. The highest BCUT2D eigenvalue weighted by Crippen LogP contribution is 2.34. The molecule has 0 spiro atoms. The molecule has 0 amide bonds. The van der Waals surface area contributed by atoms with Gasteiger partial charge in [0, 0.05) is 6.20 Å². The highest BCUT2D eigenvalue weighted by atomic mass is 16.3. The Bertz CT molecular complexity index is 584. The molecule has 4 N–H and O–H groups in total. The van der Waals surface area contributed by atoms with Gasteiger partial charge in [-0.3, -0.25) is 4.98 Å². The van der Waals surface area contributed by atoms with Crippen LogP contribution < -0.4 is 11.1 Å². The van der Waals surface area contributed by atoms with E-state index in [9.17, 15) is 5.11 Å². The number of aromatic nitrogens is 3. The Balaban J connectivity index is 1.89.